The molecule has 254 valence electrons. The number of rotatable bonds is 5. The van der Waals surface area contributed by atoms with E-state index < -0.39 is 52.3 Å². The molecule has 1 atom stereocenters. The normalized spacial score (nSPS) is 21.1. The predicted molar refractivity (Wildman–Crippen MR) is 166 cm³/mol. The van der Waals surface area contributed by atoms with Crippen molar-refractivity contribution in [3.05, 3.63) is 58.1 Å². The number of nitrogens with one attached hydrogen (secondary N) is 1. The monoisotopic (exact) mass is 678 g/mol. The minimum Gasteiger partial charge on any atom is -0.506 e. The van der Waals surface area contributed by atoms with E-state index in [0.717, 1.165) is 56.5 Å². The largest absolute Gasteiger partial charge is 0.506 e. The number of carbonyl (C=O) groups excluding carboxylic acids is 3. The Morgan fingerprint density at radius 3 is 2.38 bits per heavy atom. The molecule has 4 heterocycles. The Balaban J connectivity index is 1.18. The number of halogens is 4. The maximum atomic E-state index is 13.9. The number of carbonyl (C=O) groups is 3. The van der Waals surface area contributed by atoms with Crippen molar-refractivity contribution in [1.29, 1.82) is 0 Å². The fraction of sp³-hybridized carbons (Fsp3) is 0.545. The van der Waals surface area contributed by atoms with Gasteiger partial charge < -0.3 is 29.3 Å². The molecule has 6 rings (SSSR count). The van der Waals surface area contributed by atoms with Crippen LogP contribution in [-0.4, -0.2) is 89.3 Å². The summed E-state index contributed by atoms with van der Waals surface area (Å²) in [6.07, 6.45) is -2.48. The summed E-state index contributed by atoms with van der Waals surface area (Å²) in [5.74, 6) is -1.60. The standard InChI is InChI=1S/C33H38ClF3N4O6/c34-25-19-21(18-24(28(25)42)33(35,36)37)20-27(29(43)40-14-8-22(9-15-40)39-12-4-1-5-13-39)46-31(45)41-16-10-32(11-17-41)23-6-2-3-7-26(23)38-30(44)47-32/h2-3,6-7,18-19,22,27,42H,1,4-5,8-17,20H2,(H,38,44)/t27-/m1/s1. The average Bonchev–Trinajstić information content (AvgIpc) is 3.06. The van der Waals surface area contributed by atoms with Crippen LogP contribution in [0.4, 0.5) is 28.4 Å². The highest BCUT2D eigenvalue weighted by molar-refractivity contribution is 6.32. The van der Waals surface area contributed by atoms with Gasteiger partial charge in [-0.05, 0) is 62.5 Å². The third-order valence-corrected chi connectivity index (χ3v) is 10.1. The molecule has 10 nitrogen and oxygen atoms in total. The van der Waals surface area contributed by atoms with Crippen LogP contribution in [0.1, 0.15) is 61.6 Å². The molecule has 0 bridgehead atoms. The molecule has 1 spiro atoms. The molecule has 2 N–H and O–H groups in total. The number of likely N-dealkylation sites (tertiary alicyclic amines) is 3. The molecule has 14 heteroatoms. The van der Waals surface area contributed by atoms with Gasteiger partial charge in [0.15, 0.2) is 6.10 Å². The van der Waals surface area contributed by atoms with Gasteiger partial charge >= 0.3 is 18.4 Å². The van der Waals surface area contributed by atoms with E-state index in [1.54, 1.807) is 17.0 Å². The summed E-state index contributed by atoms with van der Waals surface area (Å²) in [6, 6.07) is 9.51. The molecular weight excluding hydrogens is 641 g/mol. The number of nitrogens with zero attached hydrogens (tertiary/aromatic N) is 3. The second kappa shape index (κ2) is 13.4. The number of para-hydroxylation sites is 1. The topological polar surface area (TPSA) is 112 Å². The number of aromatic hydroxyl groups is 1. The van der Waals surface area contributed by atoms with E-state index in [4.69, 9.17) is 21.1 Å². The molecule has 4 aliphatic rings. The van der Waals surface area contributed by atoms with Gasteiger partial charge in [-0.15, -0.1) is 0 Å². The Bertz CT molecular complexity index is 1500. The van der Waals surface area contributed by atoms with E-state index in [2.05, 4.69) is 10.2 Å². The Labute approximate surface area is 275 Å². The van der Waals surface area contributed by atoms with Crippen LogP contribution in [0.2, 0.25) is 5.02 Å². The molecule has 0 saturated carbocycles. The molecule has 3 saturated heterocycles. The maximum Gasteiger partial charge on any atom is 0.420 e. The molecule has 2 aromatic carbocycles. The molecule has 2 aromatic rings. The number of anilines is 1. The van der Waals surface area contributed by atoms with Crippen LogP contribution >= 0.6 is 11.6 Å². The highest BCUT2D eigenvalue weighted by atomic mass is 35.5. The zero-order chi connectivity index (χ0) is 33.3. The smallest absolute Gasteiger partial charge is 0.420 e. The Hall–Kier alpha value is -3.71. The van der Waals surface area contributed by atoms with E-state index in [0.29, 0.717) is 24.8 Å². The number of alkyl halides is 3. The fourth-order valence-corrected chi connectivity index (χ4v) is 7.54. The first-order valence-corrected chi connectivity index (χ1v) is 16.5. The summed E-state index contributed by atoms with van der Waals surface area (Å²) in [6.45, 7) is 3.24. The minimum atomic E-state index is -4.89. The third kappa shape index (κ3) is 7.11. The van der Waals surface area contributed by atoms with Crippen molar-refractivity contribution in [3.63, 3.8) is 0 Å². The van der Waals surface area contributed by atoms with Crippen molar-refractivity contribution < 1.29 is 42.1 Å². The number of ether oxygens (including phenoxy) is 2. The van der Waals surface area contributed by atoms with Gasteiger partial charge in [-0.1, -0.05) is 36.2 Å². The second-order valence-corrected chi connectivity index (χ2v) is 13.1. The van der Waals surface area contributed by atoms with Crippen LogP contribution < -0.4 is 5.32 Å². The van der Waals surface area contributed by atoms with Gasteiger partial charge in [0, 0.05) is 57.0 Å². The molecule has 0 radical (unpaired) electrons. The number of benzene rings is 2. The van der Waals surface area contributed by atoms with Crippen molar-refractivity contribution in [2.45, 2.75) is 75.3 Å². The SMILES string of the molecule is O=C1Nc2ccccc2C2(CCN(C(=O)O[C@H](Cc3cc(Cl)c(O)c(C(F)(F)F)c3)C(=O)N3CCC(N4CCCCC4)CC3)CC2)O1. The maximum absolute atomic E-state index is 13.9. The minimum absolute atomic E-state index is 0.00898. The molecule has 4 aliphatic heterocycles. The fourth-order valence-electron chi connectivity index (χ4n) is 7.30. The van der Waals surface area contributed by atoms with Gasteiger partial charge in [0.05, 0.1) is 16.3 Å². The lowest BCUT2D eigenvalue weighted by Crippen LogP contribution is -2.53. The van der Waals surface area contributed by atoms with E-state index >= 15 is 0 Å². The van der Waals surface area contributed by atoms with E-state index in [9.17, 15) is 32.7 Å². The van der Waals surface area contributed by atoms with Gasteiger partial charge in [0.2, 0.25) is 0 Å². The molecule has 0 unspecified atom stereocenters. The van der Waals surface area contributed by atoms with E-state index in [1.807, 2.05) is 12.1 Å². The zero-order valence-corrected chi connectivity index (χ0v) is 26.6. The predicted octanol–water partition coefficient (Wildman–Crippen LogP) is 6.14. The molecule has 3 fully saturated rings. The van der Waals surface area contributed by atoms with Crippen molar-refractivity contribution >= 4 is 35.4 Å². The summed E-state index contributed by atoms with van der Waals surface area (Å²) < 4.78 is 52.6. The number of hydrogen-bond donors (Lipinski definition) is 2. The summed E-state index contributed by atoms with van der Waals surface area (Å²) in [7, 11) is 0. The number of hydrogen-bond acceptors (Lipinski definition) is 7. The molecule has 0 aliphatic carbocycles. The first kappa shape index (κ1) is 33.2. The Morgan fingerprint density at radius 1 is 1.02 bits per heavy atom. The molecule has 0 aromatic heterocycles. The number of phenols is 1. The molecule has 47 heavy (non-hydrogen) atoms. The average molecular weight is 679 g/mol. The van der Waals surface area contributed by atoms with Crippen LogP contribution in [0.5, 0.6) is 5.75 Å². The zero-order valence-electron chi connectivity index (χ0n) is 25.9. The van der Waals surface area contributed by atoms with Gasteiger partial charge in [0.1, 0.15) is 11.4 Å². The van der Waals surface area contributed by atoms with Crippen molar-refractivity contribution in [3.8, 4) is 5.75 Å². The van der Waals surface area contributed by atoms with Gasteiger partial charge in [0.25, 0.3) is 5.91 Å². The summed E-state index contributed by atoms with van der Waals surface area (Å²) in [5.41, 5.74) is -0.831. The van der Waals surface area contributed by atoms with Crippen molar-refractivity contribution in [2.24, 2.45) is 0 Å². The van der Waals surface area contributed by atoms with Crippen LogP contribution in [0.15, 0.2) is 36.4 Å². The number of phenolic OH excluding ortho intramolecular Hbond substituents is 1. The number of fused-ring (bicyclic) bond motifs is 2. The van der Waals surface area contributed by atoms with Crippen LogP contribution in [0, 0.1) is 0 Å². The van der Waals surface area contributed by atoms with Gasteiger partial charge in [-0.3, -0.25) is 10.1 Å². The molecule has 3 amide bonds. The van der Waals surface area contributed by atoms with Crippen molar-refractivity contribution in [1.82, 2.24) is 14.7 Å². The highest BCUT2D eigenvalue weighted by Gasteiger charge is 2.46. The number of amides is 3. The van der Waals surface area contributed by atoms with E-state index in [1.165, 1.54) is 11.3 Å². The molecular formula is C33H38ClF3N4O6. The third-order valence-electron chi connectivity index (χ3n) is 9.82. The first-order valence-electron chi connectivity index (χ1n) is 16.1. The van der Waals surface area contributed by atoms with Crippen LogP contribution in [-0.2, 0) is 32.5 Å². The second-order valence-electron chi connectivity index (χ2n) is 12.7. The highest BCUT2D eigenvalue weighted by Crippen LogP contribution is 2.44. The lowest BCUT2D eigenvalue weighted by Gasteiger charge is -2.44. The van der Waals surface area contributed by atoms with Crippen LogP contribution in [0.3, 0.4) is 0 Å². The van der Waals surface area contributed by atoms with Crippen molar-refractivity contribution in [2.75, 3.05) is 44.6 Å². The quantitative estimate of drug-likeness (QED) is 0.391. The first-order chi connectivity index (χ1) is 22.4. The van der Waals surface area contributed by atoms with Crippen LogP contribution in [0.25, 0.3) is 0 Å². The summed E-state index contributed by atoms with van der Waals surface area (Å²) in [4.78, 5) is 45.2. The number of piperidine rings is 3. The van der Waals surface area contributed by atoms with Gasteiger partial charge in [-0.2, -0.15) is 13.2 Å². The Morgan fingerprint density at radius 2 is 1.70 bits per heavy atom. The lowest BCUT2D eigenvalue weighted by atomic mass is 9.82. The van der Waals surface area contributed by atoms with E-state index in [-0.39, 0.29) is 37.9 Å². The summed E-state index contributed by atoms with van der Waals surface area (Å²) in [5, 5.41) is 12.1. The summed E-state index contributed by atoms with van der Waals surface area (Å²) >= 11 is 5.96. The Kier molecular flexibility index (Phi) is 9.48. The lowest BCUT2D eigenvalue weighted by molar-refractivity contribution is -0.142. The van der Waals surface area contributed by atoms with Gasteiger partial charge in [-0.25, -0.2) is 9.59 Å².